The number of anilines is 1. The lowest BCUT2D eigenvalue weighted by Crippen LogP contribution is -2.11. The first-order valence-corrected chi connectivity index (χ1v) is 5.12. The molecule has 0 radical (unpaired) electrons. The zero-order valence-corrected chi connectivity index (χ0v) is 8.80. The van der Waals surface area contributed by atoms with Gasteiger partial charge >= 0.3 is 0 Å². The maximum Gasteiger partial charge on any atom is 0.202 e. The normalized spacial score (nSPS) is 10.5. The molecule has 5 nitrogen and oxygen atoms in total. The fraction of sp³-hybridized carbons (Fsp3) is 0.400. The molecule has 0 saturated heterocycles. The first kappa shape index (κ1) is 9.76. The van der Waals surface area contributed by atoms with Crippen LogP contribution >= 0.6 is 0 Å². The van der Waals surface area contributed by atoms with Gasteiger partial charge in [0.2, 0.25) is 5.95 Å². The molecule has 2 aromatic rings. The molecule has 2 rings (SSSR count). The van der Waals surface area contributed by atoms with E-state index in [0.717, 1.165) is 25.6 Å². The largest absolute Gasteiger partial charge is 0.356 e. The molecule has 0 aromatic carbocycles. The summed E-state index contributed by atoms with van der Waals surface area (Å²) in [4.78, 5) is 4.23. The van der Waals surface area contributed by atoms with E-state index in [9.17, 15) is 0 Å². The number of hydrogen-bond acceptors (Lipinski definition) is 3. The Balaban J connectivity index is 1.95. The molecule has 1 N–H and O–H groups in total. The summed E-state index contributed by atoms with van der Waals surface area (Å²) in [7, 11) is 0. The monoisotopic (exact) mass is 205 g/mol. The van der Waals surface area contributed by atoms with Crippen LogP contribution in [0.15, 0.2) is 30.9 Å². The molecule has 0 aliphatic carbocycles. The van der Waals surface area contributed by atoms with Gasteiger partial charge in [-0.05, 0) is 13.0 Å². The van der Waals surface area contributed by atoms with Gasteiger partial charge in [0.05, 0.1) is 6.54 Å². The van der Waals surface area contributed by atoms with Crippen molar-refractivity contribution in [2.75, 3.05) is 11.9 Å². The fourth-order valence-electron chi connectivity index (χ4n) is 1.46. The number of hydrogen-bond donors (Lipinski definition) is 1. The van der Waals surface area contributed by atoms with E-state index in [-0.39, 0.29) is 0 Å². The van der Waals surface area contributed by atoms with E-state index in [0.29, 0.717) is 0 Å². The molecule has 0 fully saturated rings. The van der Waals surface area contributed by atoms with Crippen LogP contribution in [-0.2, 0) is 13.1 Å². The average Bonchev–Trinajstić information content (AvgIpc) is 2.85. The molecule has 0 amide bonds. The molecule has 15 heavy (non-hydrogen) atoms. The third kappa shape index (κ3) is 2.37. The predicted molar refractivity (Wildman–Crippen MR) is 58.6 cm³/mol. The highest BCUT2D eigenvalue weighted by Crippen LogP contribution is 2.03. The Morgan fingerprint density at radius 1 is 1.27 bits per heavy atom. The van der Waals surface area contributed by atoms with Gasteiger partial charge in [-0.25, -0.2) is 4.98 Å². The van der Waals surface area contributed by atoms with Crippen molar-refractivity contribution in [1.29, 1.82) is 0 Å². The summed E-state index contributed by atoms with van der Waals surface area (Å²) in [6, 6.07) is 1.93. The van der Waals surface area contributed by atoms with E-state index in [4.69, 9.17) is 0 Å². The fourth-order valence-corrected chi connectivity index (χ4v) is 1.46. The van der Waals surface area contributed by atoms with Gasteiger partial charge in [0.25, 0.3) is 0 Å². The van der Waals surface area contributed by atoms with E-state index in [2.05, 4.69) is 26.9 Å². The van der Waals surface area contributed by atoms with Crippen LogP contribution in [-0.4, -0.2) is 25.9 Å². The van der Waals surface area contributed by atoms with Gasteiger partial charge in [0.15, 0.2) is 0 Å². The molecule has 0 aliphatic rings. The first-order valence-electron chi connectivity index (χ1n) is 5.12. The zero-order valence-electron chi connectivity index (χ0n) is 8.80. The highest BCUT2D eigenvalue weighted by molar-refractivity contribution is 5.25. The van der Waals surface area contributed by atoms with Gasteiger partial charge in [0, 0.05) is 37.9 Å². The molecule has 0 bridgehead atoms. The number of imidazole rings is 1. The summed E-state index contributed by atoms with van der Waals surface area (Å²) >= 11 is 0. The van der Waals surface area contributed by atoms with Crippen LogP contribution in [0.4, 0.5) is 5.95 Å². The predicted octanol–water partition coefficient (Wildman–Crippen LogP) is 1.21. The molecule has 0 spiro atoms. The number of aryl methyl sites for hydroxylation is 2. The third-order valence-electron chi connectivity index (χ3n) is 2.18. The summed E-state index contributed by atoms with van der Waals surface area (Å²) in [5.74, 6) is 0.921. The van der Waals surface area contributed by atoms with Crippen LogP contribution in [0.2, 0.25) is 0 Å². The Hall–Kier alpha value is -1.78. The van der Waals surface area contributed by atoms with Gasteiger partial charge in [-0.15, -0.1) is 0 Å². The Morgan fingerprint density at radius 3 is 2.93 bits per heavy atom. The minimum Gasteiger partial charge on any atom is -0.356 e. The lowest BCUT2D eigenvalue weighted by atomic mass is 10.6. The van der Waals surface area contributed by atoms with Crippen LogP contribution in [0.25, 0.3) is 0 Å². The average molecular weight is 205 g/mol. The van der Waals surface area contributed by atoms with Gasteiger partial charge in [0.1, 0.15) is 0 Å². The SMILES string of the molecule is CCNc1nccn1CCn1cccn1. The first-order chi connectivity index (χ1) is 7.40. The minimum absolute atomic E-state index is 0.863. The van der Waals surface area contributed by atoms with Crippen molar-refractivity contribution in [2.24, 2.45) is 0 Å². The Kier molecular flexibility index (Phi) is 3.02. The maximum absolute atomic E-state index is 4.23. The van der Waals surface area contributed by atoms with E-state index in [1.165, 1.54) is 0 Å². The standard InChI is InChI=1S/C10H15N5/c1-2-11-10-12-5-7-14(10)8-9-15-6-3-4-13-15/h3-7H,2,8-9H2,1H3,(H,11,12). The Bertz CT molecular complexity index is 390. The van der Waals surface area contributed by atoms with Gasteiger partial charge in [-0.2, -0.15) is 5.10 Å². The van der Waals surface area contributed by atoms with Crippen molar-refractivity contribution in [2.45, 2.75) is 20.0 Å². The van der Waals surface area contributed by atoms with Crippen molar-refractivity contribution >= 4 is 5.95 Å². The molecular weight excluding hydrogens is 190 g/mol. The third-order valence-corrected chi connectivity index (χ3v) is 2.18. The smallest absolute Gasteiger partial charge is 0.202 e. The zero-order chi connectivity index (χ0) is 10.5. The molecule has 2 aromatic heterocycles. The topological polar surface area (TPSA) is 47.7 Å². The van der Waals surface area contributed by atoms with Crippen molar-refractivity contribution in [3.63, 3.8) is 0 Å². The maximum atomic E-state index is 4.23. The summed E-state index contributed by atoms with van der Waals surface area (Å²) in [6.45, 7) is 4.69. The van der Waals surface area contributed by atoms with Crippen LogP contribution in [0.1, 0.15) is 6.92 Å². The van der Waals surface area contributed by atoms with Gasteiger partial charge in [-0.1, -0.05) is 0 Å². The van der Waals surface area contributed by atoms with Crippen LogP contribution in [0.5, 0.6) is 0 Å². The van der Waals surface area contributed by atoms with Crippen molar-refractivity contribution in [3.8, 4) is 0 Å². The minimum atomic E-state index is 0.863. The quantitative estimate of drug-likeness (QED) is 0.798. The highest BCUT2D eigenvalue weighted by Gasteiger charge is 2.00. The second-order valence-electron chi connectivity index (χ2n) is 3.24. The summed E-state index contributed by atoms with van der Waals surface area (Å²) in [5, 5.41) is 7.36. The summed E-state index contributed by atoms with van der Waals surface area (Å²) < 4.78 is 4.00. The van der Waals surface area contributed by atoms with Crippen molar-refractivity contribution < 1.29 is 0 Å². The molecule has 80 valence electrons. The Morgan fingerprint density at radius 2 is 2.20 bits per heavy atom. The van der Waals surface area contributed by atoms with Gasteiger partial charge in [-0.3, -0.25) is 4.68 Å². The molecule has 0 atom stereocenters. The van der Waals surface area contributed by atoms with Gasteiger partial charge < -0.3 is 9.88 Å². The van der Waals surface area contributed by atoms with Crippen LogP contribution < -0.4 is 5.32 Å². The van der Waals surface area contributed by atoms with E-state index >= 15 is 0 Å². The van der Waals surface area contributed by atoms with E-state index in [1.807, 2.05) is 23.1 Å². The molecule has 0 aliphatic heterocycles. The highest BCUT2D eigenvalue weighted by atomic mass is 15.3. The number of nitrogens with zero attached hydrogens (tertiary/aromatic N) is 4. The summed E-state index contributed by atoms with van der Waals surface area (Å²) in [5.41, 5.74) is 0. The van der Waals surface area contributed by atoms with E-state index < -0.39 is 0 Å². The number of nitrogens with one attached hydrogen (secondary N) is 1. The second-order valence-corrected chi connectivity index (χ2v) is 3.24. The van der Waals surface area contributed by atoms with Crippen molar-refractivity contribution in [1.82, 2.24) is 19.3 Å². The lowest BCUT2D eigenvalue weighted by Gasteiger charge is -2.08. The van der Waals surface area contributed by atoms with Crippen LogP contribution in [0.3, 0.4) is 0 Å². The Labute approximate surface area is 88.7 Å². The second kappa shape index (κ2) is 4.63. The van der Waals surface area contributed by atoms with Crippen molar-refractivity contribution in [3.05, 3.63) is 30.9 Å². The van der Waals surface area contributed by atoms with Crippen LogP contribution in [0, 0.1) is 0 Å². The number of aromatic nitrogens is 4. The molecule has 2 heterocycles. The molecule has 5 heteroatoms. The molecule has 0 saturated carbocycles. The van der Waals surface area contributed by atoms with E-state index in [1.54, 1.807) is 12.4 Å². The number of rotatable bonds is 5. The molecular formula is C10H15N5. The lowest BCUT2D eigenvalue weighted by molar-refractivity contribution is 0.536. The summed E-state index contributed by atoms with van der Waals surface area (Å²) in [6.07, 6.45) is 7.53. The molecule has 0 unspecified atom stereocenters.